The molecule has 5 heteroatoms. The van der Waals surface area contributed by atoms with Crippen LogP contribution < -0.4 is 0 Å². The summed E-state index contributed by atoms with van der Waals surface area (Å²) in [5, 5.41) is 0. The molecule has 27 heavy (non-hydrogen) atoms. The van der Waals surface area contributed by atoms with Crippen molar-refractivity contribution in [2.75, 3.05) is 23.0 Å². The predicted molar refractivity (Wildman–Crippen MR) is 129 cm³/mol. The van der Waals surface area contributed by atoms with Crippen LogP contribution in [0.4, 0.5) is 0 Å². The third kappa shape index (κ3) is 4.91. The van der Waals surface area contributed by atoms with Gasteiger partial charge in [0.25, 0.3) is 0 Å². The lowest BCUT2D eigenvalue weighted by atomic mass is 9.99. The number of aromatic nitrogens is 1. The maximum atomic E-state index is 2.45. The summed E-state index contributed by atoms with van der Waals surface area (Å²) in [6, 6.07) is 11.3. The Kier molecular flexibility index (Phi) is 6.52. The molecule has 0 spiro atoms. The summed E-state index contributed by atoms with van der Waals surface area (Å²) >= 11 is 8.61. The van der Waals surface area contributed by atoms with Gasteiger partial charge in [-0.1, -0.05) is 18.2 Å². The Morgan fingerprint density at radius 3 is 1.63 bits per heavy atom. The van der Waals surface area contributed by atoms with Crippen LogP contribution in [0.15, 0.2) is 42.7 Å². The highest BCUT2D eigenvalue weighted by atomic mass is 32.2. The van der Waals surface area contributed by atoms with E-state index in [1.54, 1.807) is 0 Å². The lowest BCUT2D eigenvalue weighted by Crippen LogP contribution is -2.26. The van der Waals surface area contributed by atoms with Gasteiger partial charge in [-0.2, -0.15) is 0 Å². The monoisotopic (exact) mass is 435 g/mol. The number of hydrogen-bond donors (Lipinski definition) is 0. The Hall–Kier alpha value is -0.100. The molecule has 0 amide bonds. The van der Waals surface area contributed by atoms with Gasteiger partial charge in [-0.05, 0) is 85.8 Å². The molecule has 2 aliphatic heterocycles. The molecule has 3 heterocycles. The van der Waals surface area contributed by atoms with Crippen LogP contribution in [-0.2, 0) is 12.8 Å². The second-order valence-corrected chi connectivity index (χ2v) is 14.6. The molecule has 0 N–H and O–H groups in total. The van der Waals surface area contributed by atoms with Crippen LogP contribution in [0, 0.1) is 0 Å². The maximum absolute atomic E-state index is 2.45. The summed E-state index contributed by atoms with van der Waals surface area (Å²) in [5.41, 5.74) is 4.44. The van der Waals surface area contributed by atoms with Gasteiger partial charge < -0.3 is 4.57 Å². The van der Waals surface area contributed by atoms with Crippen molar-refractivity contribution in [3.05, 3.63) is 53.9 Å². The molecule has 1 aromatic heterocycles. The van der Waals surface area contributed by atoms with Gasteiger partial charge in [-0.3, -0.25) is 0 Å². The van der Waals surface area contributed by atoms with Crippen LogP contribution in [0.25, 0.3) is 5.69 Å². The third-order valence-corrected chi connectivity index (χ3v) is 11.7. The van der Waals surface area contributed by atoms with Crippen LogP contribution >= 0.6 is 47.0 Å². The first-order chi connectivity index (χ1) is 13.1. The molecule has 0 unspecified atom stereocenters. The lowest BCUT2D eigenvalue weighted by Gasteiger charge is -2.35. The van der Waals surface area contributed by atoms with Crippen molar-refractivity contribution in [1.29, 1.82) is 0 Å². The van der Waals surface area contributed by atoms with Gasteiger partial charge in [0.1, 0.15) is 0 Å². The minimum absolute atomic E-state index is 0.303. The Morgan fingerprint density at radius 1 is 0.741 bits per heavy atom. The quantitative estimate of drug-likeness (QED) is 0.512. The minimum atomic E-state index is 0.303. The summed E-state index contributed by atoms with van der Waals surface area (Å²) < 4.78 is 2.96. The molecular formula is C22H29NS4. The van der Waals surface area contributed by atoms with Crippen molar-refractivity contribution in [2.45, 2.75) is 47.7 Å². The number of para-hydroxylation sites is 1. The van der Waals surface area contributed by atoms with E-state index in [-0.39, 0.29) is 0 Å². The third-order valence-electron chi connectivity index (χ3n) is 5.30. The van der Waals surface area contributed by atoms with Crippen LogP contribution in [0.1, 0.15) is 37.8 Å². The summed E-state index contributed by atoms with van der Waals surface area (Å²) in [6.45, 7) is 4.89. The van der Waals surface area contributed by atoms with E-state index in [1.165, 1.54) is 52.7 Å². The zero-order valence-electron chi connectivity index (χ0n) is 16.3. The van der Waals surface area contributed by atoms with Gasteiger partial charge in [0.15, 0.2) is 0 Å². The van der Waals surface area contributed by atoms with Crippen LogP contribution in [0.5, 0.6) is 0 Å². The molecule has 0 aliphatic carbocycles. The van der Waals surface area contributed by atoms with Crippen LogP contribution in [0.2, 0.25) is 0 Å². The lowest BCUT2D eigenvalue weighted by molar-refractivity contribution is 0.822. The molecule has 4 rings (SSSR count). The Bertz CT molecular complexity index is 699. The summed E-state index contributed by atoms with van der Waals surface area (Å²) in [6.07, 6.45) is 9.41. The number of nitrogens with zero attached hydrogens (tertiary/aromatic N) is 1. The molecule has 1 nitrogen and oxygen atoms in total. The molecular weight excluding hydrogens is 407 g/mol. The van der Waals surface area contributed by atoms with Gasteiger partial charge in [0.2, 0.25) is 0 Å². The molecule has 0 bridgehead atoms. The molecule has 2 fully saturated rings. The summed E-state index contributed by atoms with van der Waals surface area (Å²) in [7, 11) is 0. The van der Waals surface area contributed by atoms with Crippen molar-refractivity contribution < 1.29 is 0 Å². The van der Waals surface area contributed by atoms with Gasteiger partial charge in [-0.15, -0.1) is 47.0 Å². The van der Waals surface area contributed by atoms with Crippen molar-refractivity contribution in [2.24, 2.45) is 0 Å². The van der Waals surface area contributed by atoms with E-state index in [0.29, 0.717) is 8.16 Å². The second kappa shape index (κ2) is 8.73. The van der Waals surface area contributed by atoms with E-state index in [1.807, 2.05) is 0 Å². The predicted octanol–water partition coefficient (Wildman–Crippen LogP) is 6.73. The maximum Gasteiger partial charge on any atom is 0.0623 e. The fourth-order valence-electron chi connectivity index (χ4n) is 3.99. The SMILES string of the molecule is CC1(Cc2cccc(CC3(C)SCCCS3)c2-n2cccc2)SCCCS1. The van der Waals surface area contributed by atoms with E-state index >= 15 is 0 Å². The van der Waals surface area contributed by atoms with E-state index in [4.69, 9.17) is 0 Å². The van der Waals surface area contributed by atoms with E-state index in [9.17, 15) is 0 Å². The average Bonchev–Trinajstić information content (AvgIpc) is 3.17. The zero-order chi connectivity index (χ0) is 18.7. The van der Waals surface area contributed by atoms with Gasteiger partial charge in [0, 0.05) is 12.4 Å². The highest BCUT2D eigenvalue weighted by Gasteiger charge is 2.32. The molecule has 2 saturated heterocycles. The fourth-order valence-corrected chi connectivity index (χ4v) is 9.94. The molecule has 146 valence electrons. The molecule has 1 aromatic carbocycles. The van der Waals surface area contributed by atoms with Crippen molar-refractivity contribution >= 4 is 47.0 Å². The van der Waals surface area contributed by atoms with E-state index in [0.717, 1.165) is 12.8 Å². The normalized spacial score (nSPS) is 21.9. The van der Waals surface area contributed by atoms with Crippen LogP contribution in [-0.4, -0.2) is 35.7 Å². The standard InChI is InChI=1S/C22H29NS4/c1-21(24-12-6-13-25-21)16-18-8-5-9-19(20(18)23-10-3-4-11-23)17-22(2)26-14-7-15-27-22/h3-5,8-11H,6-7,12-17H2,1-2H3. The molecule has 2 aromatic rings. The van der Waals surface area contributed by atoms with E-state index < -0.39 is 0 Å². The van der Waals surface area contributed by atoms with E-state index in [2.05, 4.69) is 108 Å². The Labute approximate surface area is 181 Å². The van der Waals surface area contributed by atoms with Crippen molar-refractivity contribution in [3.63, 3.8) is 0 Å². The van der Waals surface area contributed by atoms with Crippen LogP contribution in [0.3, 0.4) is 0 Å². The summed E-state index contributed by atoms with van der Waals surface area (Å²) in [5.74, 6) is 5.20. The second-order valence-electron chi connectivity index (χ2n) is 7.74. The minimum Gasteiger partial charge on any atom is -0.323 e. The van der Waals surface area contributed by atoms with Crippen molar-refractivity contribution in [3.8, 4) is 5.69 Å². The smallest absolute Gasteiger partial charge is 0.0623 e. The first-order valence-corrected chi connectivity index (χ1v) is 13.8. The van der Waals surface area contributed by atoms with Crippen molar-refractivity contribution in [1.82, 2.24) is 4.57 Å². The van der Waals surface area contributed by atoms with Gasteiger partial charge in [-0.25, -0.2) is 0 Å². The first kappa shape index (κ1) is 20.2. The number of benzene rings is 1. The van der Waals surface area contributed by atoms with Gasteiger partial charge in [0.05, 0.1) is 13.8 Å². The summed E-state index contributed by atoms with van der Waals surface area (Å²) in [4.78, 5) is 0. The molecule has 0 saturated carbocycles. The Morgan fingerprint density at radius 2 is 1.19 bits per heavy atom. The average molecular weight is 436 g/mol. The topological polar surface area (TPSA) is 4.93 Å². The number of thioether (sulfide) groups is 4. The number of hydrogen-bond acceptors (Lipinski definition) is 4. The first-order valence-electron chi connectivity index (χ1n) is 9.87. The fraction of sp³-hybridized carbons (Fsp3) is 0.545. The van der Waals surface area contributed by atoms with Gasteiger partial charge >= 0.3 is 0 Å². The Balaban J connectivity index is 1.69. The zero-order valence-corrected chi connectivity index (χ0v) is 19.5. The molecule has 2 aliphatic rings. The highest BCUT2D eigenvalue weighted by molar-refractivity contribution is 8.19. The molecule has 0 radical (unpaired) electrons. The largest absolute Gasteiger partial charge is 0.323 e. The molecule has 0 atom stereocenters. The number of rotatable bonds is 5. The highest BCUT2D eigenvalue weighted by Crippen LogP contribution is 2.47.